The lowest BCUT2D eigenvalue weighted by Gasteiger charge is -2.09. The summed E-state index contributed by atoms with van der Waals surface area (Å²) >= 11 is 3.09. The van der Waals surface area contributed by atoms with E-state index in [1.54, 1.807) is 0 Å². The summed E-state index contributed by atoms with van der Waals surface area (Å²) in [5.74, 6) is 0. The average Bonchev–Trinajstić information content (AvgIpc) is 2.07. The lowest BCUT2D eigenvalue weighted by atomic mass is 10.1. The van der Waals surface area contributed by atoms with Crippen molar-refractivity contribution in [3.05, 3.63) is 33.8 Å². The van der Waals surface area contributed by atoms with Crippen molar-refractivity contribution in [1.29, 1.82) is 0 Å². The van der Waals surface area contributed by atoms with Crippen LogP contribution in [0.25, 0.3) is 0 Å². The molecule has 0 aromatic heterocycles. The summed E-state index contributed by atoms with van der Waals surface area (Å²) < 4.78 is 37.2. The van der Waals surface area contributed by atoms with Crippen LogP contribution in [-0.4, -0.2) is 6.54 Å². The van der Waals surface area contributed by atoms with Gasteiger partial charge in [-0.05, 0) is 30.7 Å². The summed E-state index contributed by atoms with van der Waals surface area (Å²) in [6.45, 7) is 0.421. The molecule has 15 heavy (non-hydrogen) atoms. The van der Waals surface area contributed by atoms with Gasteiger partial charge in [0.2, 0.25) is 0 Å². The van der Waals surface area contributed by atoms with Gasteiger partial charge in [0.25, 0.3) is 0 Å². The van der Waals surface area contributed by atoms with Gasteiger partial charge in [-0.2, -0.15) is 13.2 Å². The molecule has 0 aliphatic carbocycles. The Balaban J connectivity index is 0.00000196. The van der Waals surface area contributed by atoms with Crippen LogP contribution in [0, 0.1) is 0 Å². The Morgan fingerprint density at radius 2 is 1.87 bits per heavy atom. The molecule has 1 aromatic carbocycles. The molecule has 0 saturated heterocycles. The molecule has 0 unspecified atom stereocenters. The quantitative estimate of drug-likeness (QED) is 0.890. The van der Waals surface area contributed by atoms with Gasteiger partial charge in [0.15, 0.2) is 0 Å². The maximum Gasteiger partial charge on any atom is 0.416 e. The van der Waals surface area contributed by atoms with E-state index in [0.29, 0.717) is 17.4 Å². The van der Waals surface area contributed by atoms with Gasteiger partial charge in [-0.3, -0.25) is 0 Å². The van der Waals surface area contributed by atoms with Crippen molar-refractivity contribution in [2.45, 2.75) is 12.6 Å². The molecule has 0 radical (unpaired) electrons. The highest BCUT2D eigenvalue weighted by Gasteiger charge is 2.30. The number of rotatable bonds is 2. The highest BCUT2D eigenvalue weighted by molar-refractivity contribution is 9.10. The van der Waals surface area contributed by atoms with E-state index in [0.717, 1.165) is 17.7 Å². The first-order valence-electron chi connectivity index (χ1n) is 4.01. The summed E-state index contributed by atoms with van der Waals surface area (Å²) in [5, 5.41) is 0. The molecular formula is C9H10BrClF3N. The number of halogens is 5. The Hall–Kier alpha value is -0.260. The first-order chi connectivity index (χ1) is 6.45. The van der Waals surface area contributed by atoms with E-state index in [4.69, 9.17) is 5.73 Å². The van der Waals surface area contributed by atoms with Crippen LogP contribution in [0.3, 0.4) is 0 Å². The van der Waals surface area contributed by atoms with Crippen molar-refractivity contribution in [2.24, 2.45) is 5.73 Å². The zero-order valence-corrected chi connectivity index (χ0v) is 10.0. The third-order valence-corrected chi connectivity index (χ3v) is 2.53. The van der Waals surface area contributed by atoms with E-state index >= 15 is 0 Å². The standard InChI is InChI=1S/C9H9BrF3N.ClH/c10-8-5-7(9(11,12)13)2-1-6(8)3-4-14;/h1-2,5H,3-4,14H2;1H. The molecule has 0 spiro atoms. The van der Waals surface area contributed by atoms with Crippen LogP contribution in [0.2, 0.25) is 0 Å². The van der Waals surface area contributed by atoms with Crippen molar-refractivity contribution < 1.29 is 13.2 Å². The molecule has 0 saturated carbocycles. The van der Waals surface area contributed by atoms with Gasteiger partial charge in [0.1, 0.15) is 0 Å². The minimum absolute atomic E-state index is 0. The summed E-state index contributed by atoms with van der Waals surface area (Å²) in [4.78, 5) is 0. The van der Waals surface area contributed by atoms with E-state index in [1.807, 2.05) is 0 Å². The number of hydrogen-bond donors (Lipinski definition) is 1. The fourth-order valence-electron chi connectivity index (χ4n) is 1.08. The molecule has 0 bridgehead atoms. The molecule has 1 aromatic rings. The molecule has 0 amide bonds. The van der Waals surface area contributed by atoms with Gasteiger partial charge < -0.3 is 5.73 Å². The summed E-state index contributed by atoms with van der Waals surface area (Å²) in [6.07, 6.45) is -3.72. The predicted octanol–water partition coefficient (Wildman–Crippen LogP) is 3.39. The van der Waals surface area contributed by atoms with Crippen LogP contribution >= 0.6 is 28.3 Å². The Labute approximate surface area is 100 Å². The summed E-state index contributed by atoms with van der Waals surface area (Å²) in [7, 11) is 0. The van der Waals surface area contributed by atoms with E-state index in [2.05, 4.69) is 15.9 Å². The highest BCUT2D eigenvalue weighted by Crippen LogP contribution is 2.32. The number of alkyl halides is 3. The predicted molar refractivity (Wildman–Crippen MR) is 59.2 cm³/mol. The summed E-state index contributed by atoms with van der Waals surface area (Å²) in [6, 6.07) is 3.58. The van der Waals surface area contributed by atoms with Crippen molar-refractivity contribution in [3.63, 3.8) is 0 Å². The van der Waals surface area contributed by atoms with Crippen molar-refractivity contribution in [1.82, 2.24) is 0 Å². The Morgan fingerprint density at radius 1 is 1.27 bits per heavy atom. The number of nitrogens with two attached hydrogens (primary N) is 1. The van der Waals surface area contributed by atoms with Gasteiger partial charge in [-0.1, -0.05) is 22.0 Å². The molecule has 0 aliphatic heterocycles. The fraction of sp³-hybridized carbons (Fsp3) is 0.333. The average molecular weight is 305 g/mol. The van der Waals surface area contributed by atoms with Crippen LogP contribution in [0.5, 0.6) is 0 Å². The third-order valence-electron chi connectivity index (χ3n) is 1.79. The lowest BCUT2D eigenvalue weighted by molar-refractivity contribution is -0.137. The van der Waals surface area contributed by atoms with E-state index in [9.17, 15) is 13.2 Å². The first-order valence-corrected chi connectivity index (χ1v) is 4.80. The van der Waals surface area contributed by atoms with Gasteiger partial charge in [0, 0.05) is 4.47 Å². The summed E-state index contributed by atoms with van der Waals surface area (Å²) in [5.41, 5.74) is 5.45. The molecule has 1 rings (SSSR count). The largest absolute Gasteiger partial charge is 0.416 e. The Morgan fingerprint density at radius 3 is 2.27 bits per heavy atom. The Kier molecular flexibility index (Phi) is 5.62. The maximum absolute atomic E-state index is 12.2. The third kappa shape index (κ3) is 4.01. The van der Waals surface area contributed by atoms with Crippen LogP contribution in [0.15, 0.2) is 22.7 Å². The monoisotopic (exact) mass is 303 g/mol. The van der Waals surface area contributed by atoms with Crippen LogP contribution in [0.4, 0.5) is 13.2 Å². The SMILES string of the molecule is Cl.NCCc1ccc(C(F)(F)F)cc1Br. The van der Waals surface area contributed by atoms with Gasteiger partial charge in [-0.25, -0.2) is 0 Å². The second kappa shape index (κ2) is 5.72. The lowest BCUT2D eigenvalue weighted by Crippen LogP contribution is -2.07. The van der Waals surface area contributed by atoms with Crippen molar-refractivity contribution in [3.8, 4) is 0 Å². The van der Waals surface area contributed by atoms with Crippen molar-refractivity contribution in [2.75, 3.05) is 6.54 Å². The normalized spacial score (nSPS) is 11.0. The van der Waals surface area contributed by atoms with Crippen LogP contribution < -0.4 is 5.73 Å². The molecule has 0 atom stereocenters. The van der Waals surface area contributed by atoms with Gasteiger partial charge >= 0.3 is 6.18 Å². The second-order valence-electron chi connectivity index (χ2n) is 2.84. The van der Waals surface area contributed by atoms with Crippen molar-refractivity contribution >= 4 is 28.3 Å². The first kappa shape index (κ1) is 14.7. The smallest absolute Gasteiger partial charge is 0.330 e. The molecule has 2 N–H and O–H groups in total. The zero-order chi connectivity index (χ0) is 10.8. The van der Waals surface area contributed by atoms with E-state index in [1.165, 1.54) is 6.07 Å². The molecule has 86 valence electrons. The topological polar surface area (TPSA) is 26.0 Å². The highest BCUT2D eigenvalue weighted by atomic mass is 79.9. The van der Waals surface area contributed by atoms with E-state index in [-0.39, 0.29) is 12.4 Å². The van der Waals surface area contributed by atoms with Gasteiger partial charge in [0.05, 0.1) is 5.56 Å². The van der Waals surface area contributed by atoms with Gasteiger partial charge in [-0.15, -0.1) is 12.4 Å². The number of benzene rings is 1. The van der Waals surface area contributed by atoms with E-state index < -0.39 is 11.7 Å². The molecular weight excluding hydrogens is 294 g/mol. The zero-order valence-electron chi connectivity index (χ0n) is 7.64. The minimum Gasteiger partial charge on any atom is -0.330 e. The molecule has 1 nitrogen and oxygen atoms in total. The molecule has 6 heteroatoms. The van der Waals surface area contributed by atoms with Crippen LogP contribution in [-0.2, 0) is 12.6 Å². The molecule has 0 fully saturated rings. The molecule has 0 heterocycles. The fourth-order valence-corrected chi connectivity index (χ4v) is 1.66. The minimum atomic E-state index is -4.29. The Bertz CT molecular complexity index is 328. The van der Waals surface area contributed by atoms with Crippen LogP contribution in [0.1, 0.15) is 11.1 Å². The second-order valence-corrected chi connectivity index (χ2v) is 3.70. The molecule has 0 aliphatic rings. The number of hydrogen-bond acceptors (Lipinski definition) is 1. The maximum atomic E-state index is 12.2.